The smallest absolute Gasteiger partial charge is 0.138 e. The number of ether oxygens (including phenoxy) is 1. The lowest BCUT2D eigenvalue weighted by Gasteiger charge is -2.10. The Morgan fingerprint density at radius 2 is 2.43 bits per heavy atom. The zero-order valence-electron chi connectivity index (χ0n) is 8.81. The average Bonchev–Trinajstić information content (AvgIpc) is 2.62. The van der Waals surface area contributed by atoms with Crippen LogP contribution in [0.1, 0.15) is 19.2 Å². The molecular formula is C9H18N4O. The summed E-state index contributed by atoms with van der Waals surface area (Å²) in [7, 11) is 1.68. The second-order valence-corrected chi connectivity index (χ2v) is 3.24. The molecule has 0 radical (unpaired) electrons. The molecule has 80 valence electrons. The molecule has 0 aliphatic rings. The number of hydrogen-bond acceptors (Lipinski definition) is 4. The minimum absolute atomic E-state index is 0.101. The molecule has 5 nitrogen and oxygen atoms in total. The molecule has 0 fully saturated rings. The van der Waals surface area contributed by atoms with Gasteiger partial charge in [-0.3, -0.25) is 4.68 Å². The van der Waals surface area contributed by atoms with Gasteiger partial charge in [0.2, 0.25) is 0 Å². The topological polar surface area (TPSA) is 66.0 Å². The van der Waals surface area contributed by atoms with E-state index in [1.54, 1.807) is 13.4 Å². The number of hydrogen-bond donors (Lipinski definition) is 1. The normalized spacial score (nSPS) is 13.1. The maximum Gasteiger partial charge on any atom is 0.138 e. The molecule has 1 aromatic heterocycles. The molecule has 1 atom stereocenters. The minimum atomic E-state index is 0.101. The predicted octanol–water partition coefficient (Wildman–Crippen LogP) is 0.204. The van der Waals surface area contributed by atoms with Gasteiger partial charge in [0, 0.05) is 32.7 Å². The Morgan fingerprint density at radius 1 is 1.64 bits per heavy atom. The molecule has 0 aliphatic heterocycles. The Balaban J connectivity index is 2.42. The highest BCUT2D eigenvalue weighted by molar-refractivity contribution is 4.88. The van der Waals surface area contributed by atoms with E-state index < -0.39 is 0 Å². The molecule has 1 aromatic rings. The minimum Gasteiger partial charge on any atom is -0.385 e. The van der Waals surface area contributed by atoms with Crippen molar-refractivity contribution >= 4 is 0 Å². The number of aryl methyl sites for hydroxylation is 1. The molecule has 0 aromatic carbocycles. The summed E-state index contributed by atoms with van der Waals surface area (Å²) in [6.45, 7) is 3.58. The summed E-state index contributed by atoms with van der Waals surface area (Å²) in [5, 5.41) is 4.09. The summed E-state index contributed by atoms with van der Waals surface area (Å²) in [5.74, 6) is 0.955. The van der Waals surface area contributed by atoms with Gasteiger partial charge in [-0.15, -0.1) is 0 Å². The molecule has 2 N–H and O–H groups in total. The fraction of sp³-hybridized carbons (Fsp3) is 0.778. The van der Waals surface area contributed by atoms with Gasteiger partial charge < -0.3 is 10.5 Å². The van der Waals surface area contributed by atoms with Crippen molar-refractivity contribution in [3.05, 3.63) is 12.2 Å². The summed E-state index contributed by atoms with van der Waals surface area (Å²) in [6.07, 6.45) is 3.19. The fourth-order valence-electron chi connectivity index (χ4n) is 1.32. The van der Waals surface area contributed by atoms with E-state index in [0.29, 0.717) is 6.61 Å². The van der Waals surface area contributed by atoms with E-state index in [2.05, 4.69) is 10.1 Å². The van der Waals surface area contributed by atoms with E-state index >= 15 is 0 Å². The lowest BCUT2D eigenvalue weighted by atomic mass is 10.1. The molecule has 1 heterocycles. The molecule has 0 amide bonds. The SMILES string of the molecule is CCn1ncnc1CC(N)CCOC. The summed E-state index contributed by atoms with van der Waals surface area (Å²) in [4.78, 5) is 4.17. The van der Waals surface area contributed by atoms with Crippen LogP contribution in [-0.2, 0) is 17.7 Å². The molecule has 0 bridgehead atoms. The number of nitrogens with two attached hydrogens (primary N) is 1. The van der Waals surface area contributed by atoms with Crippen LogP contribution in [0.15, 0.2) is 6.33 Å². The van der Waals surface area contributed by atoms with Gasteiger partial charge in [0.15, 0.2) is 0 Å². The van der Waals surface area contributed by atoms with E-state index in [9.17, 15) is 0 Å². The summed E-state index contributed by atoms with van der Waals surface area (Å²) < 4.78 is 6.83. The first-order valence-electron chi connectivity index (χ1n) is 4.89. The first kappa shape index (κ1) is 11.1. The number of nitrogens with zero attached hydrogens (tertiary/aromatic N) is 3. The quantitative estimate of drug-likeness (QED) is 0.709. The third-order valence-electron chi connectivity index (χ3n) is 2.13. The van der Waals surface area contributed by atoms with Crippen LogP contribution in [0.4, 0.5) is 0 Å². The molecule has 0 spiro atoms. The van der Waals surface area contributed by atoms with Gasteiger partial charge in [-0.25, -0.2) is 4.98 Å². The predicted molar refractivity (Wildman–Crippen MR) is 53.9 cm³/mol. The van der Waals surface area contributed by atoms with Crippen molar-refractivity contribution in [2.24, 2.45) is 5.73 Å². The summed E-state index contributed by atoms with van der Waals surface area (Å²) >= 11 is 0. The van der Waals surface area contributed by atoms with Crippen molar-refractivity contribution in [1.29, 1.82) is 0 Å². The van der Waals surface area contributed by atoms with Crippen molar-refractivity contribution in [2.75, 3.05) is 13.7 Å². The van der Waals surface area contributed by atoms with Crippen LogP contribution in [0.3, 0.4) is 0 Å². The maximum atomic E-state index is 5.91. The van der Waals surface area contributed by atoms with Crippen LogP contribution >= 0.6 is 0 Å². The van der Waals surface area contributed by atoms with Gasteiger partial charge in [-0.05, 0) is 13.3 Å². The largest absolute Gasteiger partial charge is 0.385 e. The molecule has 0 saturated carbocycles. The highest BCUT2D eigenvalue weighted by atomic mass is 16.5. The average molecular weight is 198 g/mol. The molecule has 1 rings (SSSR count). The van der Waals surface area contributed by atoms with Crippen LogP contribution in [0, 0.1) is 0 Å². The Labute approximate surface area is 84.3 Å². The second-order valence-electron chi connectivity index (χ2n) is 3.24. The molecule has 5 heteroatoms. The van der Waals surface area contributed by atoms with Crippen LogP contribution in [0.5, 0.6) is 0 Å². The third-order valence-corrected chi connectivity index (χ3v) is 2.13. The van der Waals surface area contributed by atoms with Crippen LogP contribution in [0.2, 0.25) is 0 Å². The van der Waals surface area contributed by atoms with Gasteiger partial charge in [-0.2, -0.15) is 5.10 Å². The van der Waals surface area contributed by atoms with Gasteiger partial charge in [0.25, 0.3) is 0 Å². The lowest BCUT2D eigenvalue weighted by Crippen LogP contribution is -2.26. The second kappa shape index (κ2) is 5.72. The number of rotatable bonds is 6. The molecule has 1 unspecified atom stereocenters. The van der Waals surface area contributed by atoms with Crippen molar-refractivity contribution in [1.82, 2.24) is 14.8 Å². The summed E-state index contributed by atoms with van der Waals surface area (Å²) in [6, 6.07) is 0.101. The highest BCUT2D eigenvalue weighted by Gasteiger charge is 2.08. The van der Waals surface area contributed by atoms with E-state index in [1.807, 2.05) is 11.6 Å². The van der Waals surface area contributed by atoms with E-state index in [-0.39, 0.29) is 6.04 Å². The summed E-state index contributed by atoms with van der Waals surface area (Å²) in [5.41, 5.74) is 5.91. The van der Waals surface area contributed by atoms with E-state index in [4.69, 9.17) is 10.5 Å². The zero-order chi connectivity index (χ0) is 10.4. The number of aromatic nitrogens is 3. The van der Waals surface area contributed by atoms with Crippen LogP contribution < -0.4 is 5.73 Å². The Hall–Kier alpha value is -0.940. The van der Waals surface area contributed by atoms with Gasteiger partial charge in [-0.1, -0.05) is 0 Å². The lowest BCUT2D eigenvalue weighted by molar-refractivity contribution is 0.187. The van der Waals surface area contributed by atoms with Crippen molar-refractivity contribution in [3.63, 3.8) is 0 Å². The van der Waals surface area contributed by atoms with Gasteiger partial charge in [0.05, 0.1) is 0 Å². The van der Waals surface area contributed by atoms with Crippen molar-refractivity contribution in [3.8, 4) is 0 Å². The molecule has 0 saturated heterocycles. The molecular weight excluding hydrogens is 180 g/mol. The van der Waals surface area contributed by atoms with Crippen LogP contribution in [0.25, 0.3) is 0 Å². The maximum absolute atomic E-state index is 5.91. The standard InChI is InChI=1S/C9H18N4O/c1-3-13-9(11-7-12-13)6-8(10)4-5-14-2/h7-8H,3-6,10H2,1-2H3. The fourth-order valence-corrected chi connectivity index (χ4v) is 1.32. The molecule has 14 heavy (non-hydrogen) atoms. The number of methoxy groups -OCH3 is 1. The zero-order valence-corrected chi connectivity index (χ0v) is 8.81. The van der Waals surface area contributed by atoms with Gasteiger partial charge >= 0.3 is 0 Å². The third kappa shape index (κ3) is 3.08. The Morgan fingerprint density at radius 3 is 3.07 bits per heavy atom. The van der Waals surface area contributed by atoms with E-state index in [1.165, 1.54) is 0 Å². The Bertz CT molecular complexity index is 261. The van der Waals surface area contributed by atoms with Crippen molar-refractivity contribution < 1.29 is 4.74 Å². The monoisotopic (exact) mass is 198 g/mol. The first-order chi connectivity index (χ1) is 6.77. The van der Waals surface area contributed by atoms with Crippen LogP contribution in [-0.4, -0.2) is 34.5 Å². The van der Waals surface area contributed by atoms with Gasteiger partial charge in [0.1, 0.15) is 12.2 Å². The molecule has 0 aliphatic carbocycles. The van der Waals surface area contributed by atoms with Crippen molar-refractivity contribution in [2.45, 2.75) is 32.4 Å². The Kier molecular flexibility index (Phi) is 4.55. The first-order valence-corrected chi connectivity index (χ1v) is 4.89. The van der Waals surface area contributed by atoms with E-state index in [0.717, 1.165) is 25.2 Å². The highest BCUT2D eigenvalue weighted by Crippen LogP contribution is 2.00.